The molecule has 0 heterocycles. The smallest absolute Gasteiger partial charge is 0.248 e. The van der Waals surface area contributed by atoms with Crippen molar-refractivity contribution in [2.45, 2.75) is 19.4 Å². The summed E-state index contributed by atoms with van der Waals surface area (Å²) < 4.78 is 5.04. The van der Waals surface area contributed by atoms with E-state index in [4.69, 9.17) is 9.84 Å². The lowest BCUT2D eigenvalue weighted by Crippen LogP contribution is -2.33. The van der Waals surface area contributed by atoms with Gasteiger partial charge in [0.05, 0.1) is 7.11 Å². The van der Waals surface area contributed by atoms with E-state index in [2.05, 4.69) is 5.32 Å². The van der Waals surface area contributed by atoms with Crippen LogP contribution in [-0.2, 0) is 11.2 Å². The molecule has 4 nitrogen and oxygen atoms in total. The van der Waals surface area contributed by atoms with Gasteiger partial charge >= 0.3 is 0 Å². The maximum atomic E-state index is 11.1. The van der Waals surface area contributed by atoms with E-state index < -0.39 is 6.10 Å². The first-order chi connectivity index (χ1) is 7.63. The van der Waals surface area contributed by atoms with Crippen LogP contribution in [0.25, 0.3) is 0 Å². The van der Waals surface area contributed by atoms with Crippen molar-refractivity contribution in [3.8, 4) is 5.75 Å². The predicted molar refractivity (Wildman–Crippen MR) is 61.4 cm³/mol. The summed E-state index contributed by atoms with van der Waals surface area (Å²) in [6.07, 6.45) is -0.210. The van der Waals surface area contributed by atoms with Crippen molar-refractivity contribution in [2.24, 2.45) is 0 Å². The molecular formula is C12H17NO3. The van der Waals surface area contributed by atoms with Gasteiger partial charge in [0.1, 0.15) is 11.9 Å². The molecule has 1 aromatic carbocycles. The van der Waals surface area contributed by atoms with E-state index in [1.54, 1.807) is 7.11 Å². The van der Waals surface area contributed by atoms with Crippen LogP contribution in [0.3, 0.4) is 0 Å². The SMILES string of the molecule is COc1ccc(CCNC(=O)[C@@H](C)O)cc1. The first-order valence-electron chi connectivity index (χ1n) is 5.22. The molecule has 0 saturated carbocycles. The number of aliphatic hydroxyl groups is 1. The van der Waals surface area contributed by atoms with Gasteiger partial charge in [-0.3, -0.25) is 4.79 Å². The highest BCUT2D eigenvalue weighted by Gasteiger charge is 2.06. The number of nitrogens with one attached hydrogen (secondary N) is 1. The van der Waals surface area contributed by atoms with Crippen LogP contribution in [0.15, 0.2) is 24.3 Å². The fraction of sp³-hybridized carbons (Fsp3) is 0.417. The predicted octanol–water partition coefficient (Wildman–Crippen LogP) is 0.735. The molecule has 16 heavy (non-hydrogen) atoms. The molecular weight excluding hydrogens is 206 g/mol. The number of amides is 1. The summed E-state index contributed by atoms with van der Waals surface area (Å²) >= 11 is 0. The summed E-state index contributed by atoms with van der Waals surface area (Å²) in [5, 5.41) is 11.6. The highest BCUT2D eigenvalue weighted by Crippen LogP contribution is 2.11. The van der Waals surface area contributed by atoms with Gasteiger partial charge in [-0.15, -0.1) is 0 Å². The van der Waals surface area contributed by atoms with Crippen LogP contribution in [0.5, 0.6) is 5.75 Å². The summed E-state index contributed by atoms with van der Waals surface area (Å²) in [6.45, 7) is 1.97. The van der Waals surface area contributed by atoms with E-state index in [1.165, 1.54) is 6.92 Å². The van der Waals surface area contributed by atoms with Crippen molar-refractivity contribution < 1.29 is 14.6 Å². The minimum Gasteiger partial charge on any atom is -0.497 e. The normalized spacial score (nSPS) is 11.9. The highest BCUT2D eigenvalue weighted by atomic mass is 16.5. The molecule has 0 unspecified atom stereocenters. The maximum absolute atomic E-state index is 11.1. The molecule has 1 rings (SSSR count). The van der Waals surface area contributed by atoms with E-state index in [1.807, 2.05) is 24.3 Å². The quantitative estimate of drug-likeness (QED) is 0.774. The zero-order chi connectivity index (χ0) is 12.0. The number of ether oxygens (including phenoxy) is 1. The van der Waals surface area contributed by atoms with Gasteiger partial charge in [-0.25, -0.2) is 0 Å². The van der Waals surface area contributed by atoms with E-state index >= 15 is 0 Å². The van der Waals surface area contributed by atoms with Crippen molar-refractivity contribution in [3.63, 3.8) is 0 Å². The van der Waals surface area contributed by atoms with Crippen molar-refractivity contribution in [2.75, 3.05) is 13.7 Å². The molecule has 0 aliphatic carbocycles. The molecule has 0 fully saturated rings. The topological polar surface area (TPSA) is 58.6 Å². The Hall–Kier alpha value is -1.55. The summed E-state index contributed by atoms with van der Waals surface area (Å²) in [7, 11) is 1.62. The highest BCUT2D eigenvalue weighted by molar-refractivity contribution is 5.79. The lowest BCUT2D eigenvalue weighted by atomic mass is 10.1. The number of hydrogen-bond donors (Lipinski definition) is 2. The van der Waals surface area contributed by atoms with Crippen molar-refractivity contribution in [3.05, 3.63) is 29.8 Å². The average Bonchev–Trinajstić information content (AvgIpc) is 2.29. The van der Waals surface area contributed by atoms with Gasteiger partial charge in [-0.2, -0.15) is 0 Å². The number of methoxy groups -OCH3 is 1. The molecule has 0 saturated heterocycles. The first-order valence-corrected chi connectivity index (χ1v) is 5.22. The van der Waals surface area contributed by atoms with Crippen molar-refractivity contribution in [1.29, 1.82) is 0 Å². The molecule has 1 aromatic rings. The summed E-state index contributed by atoms with van der Waals surface area (Å²) in [6, 6.07) is 7.67. The minimum absolute atomic E-state index is 0.339. The molecule has 0 aliphatic rings. The molecule has 0 aliphatic heterocycles. The molecule has 2 N–H and O–H groups in total. The van der Waals surface area contributed by atoms with Crippen LogP contribution in [0.1, 0.15) is 12.5 Å². The Morgan fingerprint density at radius 1 is 1.44 bits per heavy atom. The zero-order valence-electron chi connectivity index (χ0n) is 9.56. The lowest BCUT2D eigenvalue weighted by molar-refractivity contribution is -0.128. The number of aliphatic hydroxyl groups excluding tert-OH is 1. The second-order valence-electron chi connectivity index (χ2n) is 3.57. The Morgan fingerprint density at radius 3 is 2.56 bits per heavy atom. The third kappa shape index (κ3) is 3.90. The Kier molecular flexibility index (Phi) is 4.79. The molecule has 0 bridgehead atoms. The Bertz CT molecular complexity index is 333. The maximum Gasteiger partial charge on any atom is 0.248 e. The van der Waals surface area contributed by atoms with Gasteiger partial charge < -0.3 is 15.2 Å². The summed E-state index contributed by atoms with van der Waals surface area (Å²) in [5.41, 5.74) is 1.12. The van der Waals surface area contributed by atoms with Crippen molar-refractivity contribution in [1.82, 2.24) is 5.32 Å². The van der Waals surface area contributed by atoms with Gasteiger partial charge in [0, 0.05) is 6.54 Å². The van der Waals surface area contributed by atoms with Crippen LogP contribution in [0.4, 0.5) is 0 Å². The minimum atomic E-state index is -0.948. The number of benzene rings is 1. The van der Waals surface area contributed by atoms with E-state index in [9.17, 15) is 4.79 Å². The Labute approximate surface area is 95.2 Å². The molecule has 1 amide bonds. The zero-order valence-corrected chi connectivity index (χ0v) is 9.56. The molecule has 0 aromatic heterocycles. The van der Waals surface area contributed by atoms with Gasteiger partial charge in [0.25, 0.3) is 0 Å². The van der Waals surface area contributed by atoms with E-state index in [0.717, 1.165) is 17.7 Å². The van der Waals surface area contributed by atoms with Gasteiger partial charge in [0.2, 0.25) is 5.91 Å². The largest absolute Gasteiger partial charge is 0.497 e. The molecule has 0 spiro atoms. The fourth-order valence-corrected chi connectivity index (χ4v) is 1.27. The lowest BCUT2D eigenvalue weighted by Gasteiger charge is -2.07. The third-order valence-electron chi connectivity index (χ3n) is 2.25. The van der Waals surface area contributed by atoms with Crippen LogP contribution in [0.2, 0.25) is 0 Å². The Balaban J connectivity index is 2.34. The number of rotatable bonds is 5. The average molecular weight is 223 g/mol. The molecule has 4 heteroatoms. The van der Waals surface area contributed by atoms with Crippen LogP contribution < -0.4 is 10.1 Å². The Morgan fingerprint density at radius 2 is 2.06 bits per heavy atom. The summed E-state index contributed by atoms with van der Waals surface area (Å²) in [4.78, 5) is 11.1. The van der Waals surface area contributed by atoms with Gasteiger partial charge in [-0.1, -0.05) is 12.1 Å². The van der Waals surface area contributed by atoms with E-state index in [0.29, 0.717) is 6.54 Å². The standard InChI is InChI=1S/C12H17NO3/c1-9(14)12(15)13-8-7-10-3-5-11(16-2)6-4-10/h3-6,9,14H,7-8H2,1-2H3,(H,13,15)/t9-/m1/s1. The molecule has 1 atom stereocenters. The van der Waals surface area contributed by atoms with E-state index in [-0.39, 0.29) is 5.91 Å². The van der Waals surface area contributed by atoms with Gasteiger partial charge in [0.15, 0.2) is 0 Å². The van der Waals surface area contributed by atoms with Crippen LogP contribution >= 0.6 is 0 Å². The number of carbonyl (C=O) groups excluding carboxylic acids is 1. The number of hydrogen-bond acceptors (Lipinski definition) is 3. The number of carbonyl (C=O) groups is 1. The van der Waals surface area contributed by atoms with Crippen LogP contribution in [-0.4, -0.2) is 30.8 Å². The van der Waals surface area contributed by atoms with Crippen molar-refractivity contribution >= 4 is 5.91 Å². The third-order valence-corrected chi connectivity index (χ3v) is 2.25. The van der Waals surface area contributed by atoms with Crippen LogP contribution in [0, 0.1) is 0 Å². The first kappa shape index (κ1) is 12.5. The monoisotopic (exact) mass is 223 g/mol. The molecule has 88 valence electrons. The molecule has 0 radical (unpaired) electrons. The second-order valence-corrected chi connectivity index (χ2v) is 3.57. The second kappa shape index (κ2) is 6.12. The fourth-order valence-electron chi connectivity index (χ4n) is 1.27. The van der Waals surface area contributed by atoms with Gasteiger partial charge in [-0.05, 0) is 31.0 Å². The summed E-state index contributed by atoms with van der Waals surface area (Å²) in [5.74, 6) is 0.477.